The maximum Gasteiger partial charge on any atom is 0.322 e. The van der Waals surface area contributed by atoms with E-state index in [-0.39, 0.29) is 17.9 Å². The zero-order valence-corrected chi connectivity index (χ0v) is 19.7. The van der Waals surface area contributed by atoms with Crippen molar-refractivity contribution in [2.45, 2.75) is 26.3 Å². The Labute approximate surface area is 198 Å². The van der Waals surface area contributed by atoms with E-state index >= 15 is 0 Å². The highest BCUT2D eigenvalue weighted by Gasteiger charge is 2.23. The number of rotatable bonds is 6. The lowest BCUT2D eigenvalue weighted by molar-refractivity contribution is -0.118. The van der Waals surface area contributed by atoms with Crippen LogP contribution in [0.5, 0.6) is 0 Å². The van der Waals surface area contributed by atoms with E-state index in [9.17, 15) is 9.59 Å². The first-order chi connectivity index (χ1) is 15.3. The van der Waals surface area contributed by atoms with Crippen LogP contribution in [0.25, 0.3) is 0 Å². The fourth-order valence-electron chi connectivity index (χ4n) is 3.44. The number of halogens is 2. The highest BCUT2D eigenvalue weighted by molar-refractivity contribution is 6.39. The molecule has 1 radical (unpaired) electrons. The number of para-hydroxylation sites is 1. The summed E-state index contributed by atoms with van der Waals surface area (Å²) < 4.78 is 0. The second kappa shape index (κ2) is 10.9. The third-order valence-corrected chi connectivity index (χ3v) is 6.39. The van der Waals surface area contributed by atoms with E-state index in [4.69, 9.17) is 28.9 Å². The van der Waals surface area contributed by atoms with E-state index in [1.807, 2.05) is 38.1 Å². The van der Waals surface area contributed by atoms with Gasteiger partial charge >= 0.3 is 6.03 Å². The SMILES string of the molecule is CCC(C)C([NH])C(=O)Nc1ccc(N2CCN(C(=O)Nc3c(Cl)cccc3Cl)CC2)cc1. The summed E-state index contributed by atoms with van der Waals surface area (Å²) >= 11 is 12.3. The summed E-state index contributed by atoms with van der Waals surface area (Å²) in [6, 6.07) is 11.7. The number of anilines is 3. The Bertz CT molecular complexity index is 926. The molecule has 0 bridgehead atoms. The Kier molecular flexibility index (Phi) is 8.23. The lowest BCUT2D eigenvalue weighted by Crippen LogP contribution is -2.50. The molecule has 1 saturated heterocycles. The monoisotopic (exact) mass is 476 g/mol. The van der Waals surface area contributed by atoms with Crippen LogP contribution in [0.1, 0.15) is 20.3 Å². The third-order valence-electron chi connectivity index (χ3n) is 5.76. The maximum absolute atomic E-state index is 12.6. The molecule has 1 heterocycles. The van der Waals surface area contributed by atoms with E-state index in [2.05, 4.69) is 15.5 Å². The summed E-state index contributed by atoms with van der Waals surface area (Å²) in [6.07, 6.45) is 0.788. The number of nitrogens with zero attached hydrogens (tertiary/aromatic N) is 2. The van der Waals surface area contributed by atoms with Gasteiger partial charge in [-0.05, 0) is 42.3 Å². The van der Waals surface area contributed by atoms with Gasteiger partial charge in [0.25, 0.3) is 0 Å². The highest BCUT2D eigenvalue weighted by atomic mass is 35.5. The largest absolute Gasteiger partial charge is 0.368 e. The van der Waals surface area contributed by atoms with E-state index in [0.717, 1.165) is 12.1 Å². The summed E-state index contributed by atoms with van der Waals surface area (Å²) in [5.74, 6) is -0.276. The molecule has 3 N–H and O–H groups in total. The predicted octanol–water partition coefficient (Wildman–Crippen LogP) is 4.98. The number of hydrogen-bond acceptors (Lipinski definition) is 3. The molecule has 1 aliphatic rings. The minimum absolute atomic E-state index is 0.0108. The maximum atomic E-state index is 12.6. The van der Waals surface area contributed by atoms with Gasteiger partial charge in [-0.3, -0.25) is 4.79 Å². The van der Waals surface area contributed by atoms with Crippen LogP contribution in [0.3, 0.4) is 0 Å². The molecule has 2 aromatic rings. The fraction of sp³-hybridized carbons (Fsp3) is 0.391. The number of nitrogens with one attached hydrogen (secondary N) is 3. The molecule has 9 heteroatoms. The zero-order chi connectivity index (χ0) is 23.3. The molecular weight excluding hydrogens is 449 g/mol. The fourth-order valence-corrected chi connectivity index (χ4v) is 3.93. The molecule has 171 valence electrons. The second-order valence-corrected chi connectivity index (χ2v) is 8.71. The van der Waals surface area contributed by atoms with Crippen molar-refractivity contribution in [3.63, 3.8) is 0 Å². The molecule has 1 fully saturated rings. The normalized spacial score (nSPS) is 15.8. The Morgan fingerprint density at radius 1 is 1.00 bits per heavy atom. The molecule has 3 rings (SSSR count). The average Bonchev–Trinajstić information content (AvgIpc) is 2.81. The van der Waals surface area contributed by atoms with Gasteiger partial charge in [0, 0.05) is 37.6 Å². The van der Waals surface area contributed by atoms with Crippen molar-refractivity contribution in [1.29, 1.82) is 0 Å². The van der Waals surface area contributed by atoms with Crippen LogP contribution in [0, 0.1) is 5.92 Å². The second-order valence-electron chi connectivity index (χ2n) is 7.90. The molecule has 32 heavy (non-hydrogen) atoms. The van der Waals surface area contributed by atoms with Gasteiger partial charge in [0.05, 0.1) is 15.7 Å². The molecule has 0 aliphatic carbocycles. The number of benzene rings is 2. The minimum atomic E-state index is -0.778. The van der Waals surface area contributed by atoms with Crippen molar-refractivity contribution in [3.05, 3.63) is 52.5 Å². The van der Waals surface area contributed by atoms with Crippen LogP contribution >= 0.6 is 23.2 Å². The van der Waals surface area contributed by atoms with Gasteiger partial charge in [-0.2, -0.15) is 0 Å². The summed E-state index contributed by atoms with van der Waals surface area (Å²) in [7, 11) is 0. The van der Waals surface area contributed by atoms with E-state index in [0.29, 0.717) is 47.6 Å². The molecular formula is C23H28Cl2N5O2. The van der Waals surface area contributed by atoms with Crippen molar-refractivity contribution < 1.29 is 9.59 Å². The van der Waals surface area contributed by atoms with Crippen molar-refractivity contribution in [3.8, 4) is 0 Å². The lowest BCUT2D eigenvalue weighted by Gasteiger charge is -2.36. The van der Waals surface area contributed by atoms with E-state index < -0.39 is 6.04 Å². The van der Waals surface area contributed by atoms with Crippen molar-refractivity contribution in [2.75, 3.05) is 41.7 Å². The van der Waals surface area contributed by atoms with Gasteiger partial charge in [0.15, 0.2) is 0 Å². The number of piperazine rings is 1. The smallest absolute Gasteiger partial charge is 0.322 e. The van der Waals surface area contributed by atoms with Gasteiger partial charge in [0.2, 0.25) is 5.91 Å². The lowest BCUT2D eigenvalue weighted by atomic mass is 9.99. The highest BCUT2D eigenvalue weighted by Crippen LogP contribution is 2.30. The number of carbonyl (C=O) groups is 2. The van der Waals surface area contributed by atoms with Gasteiger partial charge in [-0.25, -0.2) is 10.5 Å². The summed E-state index contributed by atoms with van der Waals surface area (Å²) in [4.78, 5) is 28.7. The minimum Gasteiger partial charge on any atom is -0.368 e. The van der Waals surface area contributed by atoms with Crippen molar-refractivity contribution in [1.82, 2.24) is 10.6 Å². The quantitative estimate of drug-likeness (QED) is 0.615. The zero-order valence-electron chi connectivity index (χ0n) is 18.2. The van der Waals surface area contributed by atoms with Gasteiger partial charge in [0.1, 0.15) is 6.04 Å². The van der Waals surface area contributed by atoms with Gasteiger partial charge in [-0.1, -0.05) is 49.5 Å². The topological polar surface area (TPSA) is 88.5 Å². The Hall–Kier alpha value is -2.48. The number of carbonyl (C=O) groups excluding carboxylic acids is 2. The van der Waals surface area contributed by atoms with Gasteiger partial charge < -0.3 is 20.4 Å². The first-order valence-electron chi connectivity index (χ1n) is 10.7. The van der Waals surface area contributed by atoms with Crippen LogP contribution in [-0.2, 0) is 4.79 Å². The predicted molar refractivity (Wildman–Crippen MR) is 131 cm³/mol. The van der Waals surface area contributed by atoms with Crippen molar-refractivity contribution >= 4 is 52.2 Å². The third kappa shape index (κ3) is 5.85. The van der Waals surface area contributed by atoms with E-state index in [1.165, 1.54) is 0 Å². The molecule has 0 spiro atoms. The molecule has 7 nitrogen and oxygen atoms in total. The van der Waals surface area contributed by atoms with E-state index in [1.54, 1.807) is 23.1 Å². The molecule has 3 amide bonds. The molecule has 2 atom stereocenters. The first-order valence-corrected chi connectivity index (χ1v) is 11.4. The number of urea groups is 1. The Morgan fingerprint density at radius 3 is 2.16 bits per heavy atom. The number of amides is 3. The molecule has 1 aliphatic heterocycles. The van der Waals surface area contributed by atoms with Crippen molar-refractivity contribution in [2.24, 2.45) is 5.92 Å². The first kappa shape index (κ1) is 24.2. The summed E-state index contributed by atoms with van der Waals surface area (Å²) in [6.45, 7) is 6.35. The van der Waals surface area contributed by atoms with Crippen LogP contribution < -0.4 is 21.3 Å². The average molecular weight is 477 g/mol. The molecule has 0 saturated carbocycles. The summed E-state index contributed by atoms with van der Waals surface area (Å²) in [5.41, 5.74) is 10.1. The van der Waals surface area contributed by atoms with Crippen LogP contribution in [0.2, 0.25) is 10.0 Å². The summed E-state index contributed by atoms with van der Waals surface area (Å²) in [5, 5.41) is 6.41. The number of hydrogen-bond donors (Lipinski definition) is 2. The molecule has 2 unspecified atom stereocenters. The van der Waals surface area contributed by atoms with Gasteiger partial charge in [-0.15, -0.1) is 0 Å². The van der Waals surface area contributed by atoms with Crippen LogP contribution in [0.15, 0.2) is 42.5 Å². The Morgan fingerprint density at radius 2 is 1.59 bits per heavy atom. The van der Waals surface area contributed by atoms with Crippen LogP contribution in [0.4, 0.5) is 21.9 Å². The van der Waals surface area contributed by atoms with Crippen LogP contribution in [-0.4, -0.2) is 49.1 Å². The molecule has 2 aromatic carbocycles. The standard InChI is InChI=1S/C23H28Cl2N5O2/c1-3-15(2)20(26)22(31)27-16-7-9-17(10-8-16)29-11-13-30(14-12-29)23(32)28-21-18(24)5-4-6-19(21)25/h4-10,15,20,26H,3,11-14H2,1-2H3,(H,27,31)(H,28,32). The molecule has 0 aromatic heterocycles. The Balaban J connectivity index is 1.53.